The standard InChI is InChI=1S/C20H14ClF2NO2/c1-26-14-7-5-12(16(21)10-14)9-19-13(11-25)6-8-18(24-19)15-3-2-4-17(22)20(15)23/h2-8,10-11H,9H2,1H3. The van der Waals surface area contributed by atoms with Crippen molar-refractivity contribution < 1.29 is 18.3 Å². The number of carbonyl (C=O) groups excluding carboxylic acids is 1. The van der Waals surface area contributed by atoms with Crippen LogP contribution in [0.1, 0.15) is 21.6 Å². The fourth-order valence-corrected chi connectivity index (χ4v) is 2.83. The molecule has 0 amide bonds. The molecule has 0 aliphatic heterocycles. The summed E-state index contributed by atoms with van der Waals surface area (Å²) in [5, 5.41) is 0.463. The third kappa shape index (κ3) is 3.58. The Kier molecular flexibility index (Phi) is 5.28. The van der Waals surface area contributed by atoms with Gasteiger partial charge < -0.3 is 4.74 Å². The molecular weight excluding hydrogens is 360 g/mol. The van der Waals surface area contributed by atoms with Gasteiger partial charge in [0.1, 0.15) is 5.75 Å². The maximum atomic E-state index is 14.1. The Morgan fingerprint density at radius 1 is 1.15 bits per heavy atom. The van der Waals surface area contributed by atoms with Crippen molar-refractivity contribution in [3.05, 3.63) is 82.0 Å². The van der Waals surface area contributed by atoms with E-state index in [9.17, 15) is 13.6 Å². The van der Waals surface area contributed by atoms with Crippen molar-refractivity contribution >= 4 is 17.9 Å². The number of halogens is 3. The van der Waals surface area contributed by atoms with Crippen LogP contribution in [0, 0.1) is 11.6 Å². The lowest BCUT2D eigenvalue weighted by atomic mass is 10.0. The van der Waals surface area contributed by atoms with Gasteiger partial charge in [-0.15, -0.1) is 0 Å². The van der Waals surface area contributed by atoms with Gasteiger partial charge in [-0.1, -0.05) is 23.7 Å². The fourth-order valence-electron chi connectivity index (χ4n) is 2.59. The van der Waals surface area contributed by atoms with Crippen LogP contribution in [0.5, 0.6) is 5.75 Å². The van der Waals surface area contributed by atoms with Gasteiger partial charge in [-0.3, -0.25) is 9.78 Å². The van der Waals surface area contributed by atoms with Crippen LogP contribution >= 0.6 is 11.6 Å². The second kappa shape index (κ2) is 7.62. The van der Waals surface area contributed by atoms with Crippen molar-refractivity contribution in [2.75, 3.05) is 7.11 Å². The molecule has 0 unspecified atom stereocenters. The van der Waals surface area contributed by atoms with Crippen LogP contribution in [0.4, 0.5) is 8.78 Å². The van der Waals surface area contributed by atoms with Crippen LogP contribution in [0.3, 0.4) is 0 Å². The van der Waals surface area contributed by atoms with E-state index in [-0.39, 0.29) is 17.7 Å². The minimum absolute atomic E-state index is 0.0320. The van der Waals surface area contributed by atoms with E-state index in [2.05, 4.69) is 4.98 Å². The van der Waals surface area contributed by atoms with Crippen LogP contribution in [0.2, 0.25) is 5.02 Å². The third-order valence-electron chi connectivity index (χ3n) is 3.98. The van der Waals surface area contributed by atoms with E-state index in [0.29, 0.717) is 28.3 Å². The van der Waals surface area contributed by atoms with Gasteiger partial charge in [-0.05, 0) is 42.0 Å². The Hall–Kier alpha value is -2.79. The maximum absolute atomic E-state index is 14.1. The van der Waals surface area contributed by atoms with Crippen molar-refractivity contribution in [2.45, 2.75) is 6.42 Å². The summed E-state index contributed by atoms with van der Waals surface area (Å²) in [5.74, 6) is -1.33. The molecule has 1 aromatic heterocycles. The number of aldehydes is 1. The largest absolute Gasteiger partial charge is 0.497 e. The normalized spacial score (nSPS) is 10.6. The molecule has 0 saturated heterocycles. The smallest absolute Gasteiger partial charge is 0.168 e. The zero-order valence-electron chi connectivity index (χ0n) is 13.8. The molecule has 26 heavy (non-hydrogen) atoms. The van der Waals surface area contributed by atoms with Crippen LogP contribution < -0.4 is 4.74 Å². The predicted molar refractivity (Wildman–Crippen MR) is 95.8 cm³/mol. The molecule has 2 aromatic carbocycles. The molecule has 3 aromatic rings. The van der Waals surface area contributed by atoms with Crippen molar-refractivity contribution in [3.63, 3.8) is 0 Å². The fraction of sp³-hybridized carbons (Fsp3) is 0.100. The summed E-state index contributed by atoms with van der Waals surface area (Å²) in [4.78, 5) is 15.7. The molecule has 6 heteroatoms. The molecule has 0 aliphatic rings. The Morgan fingerprint density at radius 2 is 1.96 bits per heavy atom. The number of nitrogens with zero attached hydrogens (tertiary/aromatic N) is 1. The number of ether oxygens (including phenoxy) is 1. The molecule has 3 rings (SSSR count). The summed E-state index contributed by atoms with van der Waals surface area (Å²) in [5.41, 5.74) is 1.79. The van der Waals surface area contributed by atoms with E-state index in [1.54, 1.807) is 18.2 Å². The molecule has 0 bridgehead atoms. The van der Waals surface area contributed by atoms with Gasteiger partial charge in [0.15, 0.2) is 17.9 Å². The summed E-state index contributed by atoms with van der Waals surface area (Å²) in [7, 11) is 1.54. The van der Waals surface area contributed by atoms with E-state index in [4.69, 9.17) is 16.3 Å². The Labute approximate surface area is 154 Å². The minimum Gasteiger partial charge on any atom is -0.497 e. The van der Waals surface area contributed by atoms with E-state index >= 15 is 0 Å². The zero-order valence-corrected chi connectivity index (χ0v) is 14.6. The lowest BCUT2D eigenvalue weighted by Gasteiger charge is -2.10. The lowest BCUT2D eigenvalue weighted by molar-refractivity contribution is 0.112. The van der Waals surface area contributed by atoms with Crippen molar-refractivity contribution in [2.24, 2.45) is 0 Å². The SMILES string of the molecule is COc1ccc(Cc2nc(-c3cccc(F)c3F)ccc2C=O)c(Cl)c1. The van der Waals surface area contributed by atoms with Crippen LogP contribution in [0.15, 0.2) is 48.5 Å². The molecule has 0 fully saturated rings. The first-order chi connectivity index (χ1) is 12.5. The summed E-state index contributed by atoms with van der Waals surface area (Å²) < 4.78 is 32.7. The summed E-state index contributed by atoms with van der Waals surface area (Å²) in [6.07, 6.45) is 0.938. The highest BCUT2D eigenvalue weighted by Crippen LogP contribution is 2.27. The Morgan fingerprint density at radius 3 is 2.65 bits per heavy atom. The van der Waals surface area contributed by atoms with Gasteiger partial charge in [0, 0.05) is 22.6 Å². The Balaban J connectivity index is 2.04. The highest BCUT2D eigenvalue weighted by Gasteiger charge is 2.14. The molecule has 3 nitrogen and oxygen atoms in total. The summed E-state index contributed by atoms with van der Waals surface area (Å²) >= 11 is 6.25. The van der Waals surface area contributed by atoms with Crippen LogP contribution in [-0.2, 0) is 6.42 Å². The average molecular weight is 374 g/mol. The van der Waals surface area contributed by atoms with Gasteiger partial charge >= 0.3 is 0 Å². The van der Waals surface area contributed by atoms with Gasteiger partial charge in [0.25, 0.3) is 0 Å². The molecule has 0 radical (unpaired) electrons. The highest BCUT2D eigenvalue weighted by molar-refractivity contribution is 6.31. The minimum atomic E-state index is -0.979. The van der Waals surface area contributed by atoms with E-state index in [1.165, 1.54) is 31.4 Å². The average Bonchev–Trinajstić information content (AvgIpc) is 2.65. The lowest BCUT2D eigenvalue weighted by Crippen LogP contribution is -2.02. The molecule has 0 aliphatic carbocycles. The van der Waals surface area contributed by atoms with E-state index < -0.39 is 11.6 Å². The number of hydrogen-bond acceptors (Lipinski definition) is 3. The van der Waals surface area contributed by atoms with Crippen LogP contribution in [-0.4, -0.2) is 18.4 Å². The first-order valence-corrected chi connectivity index (χ1v) is 8.13. The van der Waals surface area contributed by atoms with E-state index in [0.717, 1.165) is 11.6 Å². The molecule has 1 heterocycles. The molecule has 0 saturated carbocycles. The van der Waals surface area contributed by atoms with Gasteiger partial charge in [0.2, 0.25) is 0 Å². The molecular formula is C20H14ClF2NO2. The van der Waals surface area contributed by atoms with Gasteiger partial charge in [0.05, 0.1) is 18.5 Å². The van der Waals surface area contributed by atoms with Crippen molar-refractivity contribution in [1.82, 2.24) is 4.98 Å². The second-order valence-corrected chi connectivity index (χ2v) is 5.99. The molecule has 0 N–H and O–H groups in total. The number of carbonyl (C=O) groups is 1. The topological polar surface area (TPSA) is 39.2 Å². The molecule has 0 atom stereocenters. The Bertz CT molecular complexity index is 976. The zero-order chi connectivity index (χ0) is 18.7. The van der Waals surface area contributed by atoms with E-state index in [1.807, 2.05) is 0 Å². The van der Waals surface area contributed by atoms with Crippen molar-refractivity contribution in [3.8, 4) is 17.0 Å². The quantitative estimate of drug-likeness (QED) is 0.584. The number of benzene rings is 2. The summed E-state index contributed by atoms with van der Waals surface area (Å²) in [6, 6.07) is 12.1. The van der Waals surface area contributed by atoms with Gasteiger partial charge in [-0.2, -0.15) is 0 Å². The summed E-state index contributed by atoms with van der Waals surface area (Å²) in [6.45, 7) is 0. The maximum Gasteiger partial charge on any atom is 0.168 e. The second-order valence-electron chi connectivity index (χ2n) is 5.59. The van der Waals surface area contributed by atoms with Crippen LogP contribution in [0.25, 0.3) is 11.3 Å². The predicted octanol–water partition coefficient (Wildman–Crippen LogP) is 5.09. The first kappa shape index (κ1) is 18.0. The number of rotatable bonds is 5. The third-order valence-corrected chi connectivity index (χ3v) is 4.33. The number of aromatic nitrogens is 1. The number of pyridine rings is 1. The molecule has 0 spiro atoms. The highest BCUT2D eigenvalue weighted by atomic mass is 35.5. The first-order valence-electron chi connectivity index (χ1n) is 7.75. The van der Waals surface area contributed by atoms with Gasteiger partial charge in [-0.25, -0.2) is 8.78 Å². The number of hydrogen-bond donors (Lipinski definition) is 0. The number of methoxy groups -OCH3 is 1. The monoisotopic (exact) mass is 373 g/mol. The van der Waals surface area contributed by atoms with Crippen molar-refractivity contribution in [1.29, 1.82) is 0 Å². The molecule has 132 valence electrons.